The lowest BCUT2D eigenvalue weighted by molar-refractivity contribution is 0.608. The second kappa shape index (κ2) is 6.11. The van der Waals surface area contributed by atoms with Gasteiger partial charge in [0.1, 0.15) is 16.9 Å². The highest BCUT2D eigenvalue weighted by molar-refractivity contribution is 7.99. The van der Waals surface area contributed by atoms with Crippen molar-refractivity contribution >= 4 is 33.7 Å². The summed E-state index contributed by atoms with van der Waals surface area (Å²) in [7, 11) is 0. The maximum atomic E-state index is 14.3. The van der Waals surface area contributed by atoms with Gasteiger partial charge in [-0.25, -0.2) is 9.37 Å². The first-order valence-corrected chi connectivity index (χ1v) is 8.54. The fraction of sp³-hybridized carbons (Fsp3) is 0.0526. The summed E-state index contributed by atoms with van der Waals surface area (Å²) in [5.41, 5.74) is 1.51. The summed E-state index contributed by atoms with van der Waals surface area (Å²) in [6, 6.07) is 13.6. The van der Waals surface area contributed by atoms with Crippen LogP contribution >= 0.6 is 11.8 Å². The number of terminal acetylenes is 1. The number of aromatic amines is 1. The standard InChI is InChI=1S/C19H12FN3OS/c1-2-11-25-19-22-16-12-7-3-5-9-14(12)21-17(16)18(24)23(19)15-10-6-4-8-13(15)20/h1,3-10,21H,11H2. The molecule has 25 heavy (non-hydrogen) atoms. The molecule has 2 aromatic heterocycles. The van der Waals surface area contributed by atoms with Gasteiger partial charge in [0.15, 0.2) is 5.16 Å². The zero-order valence-electron chi connectivity index (χ0n) is 13.0. The van der Waals surface area contributed by atoms with Crippen LogP contribution in [-0.2, 0) is 0 Å². The van der Waals surface area contributed by atoms with Crippen LogP contribution in [0.1, 0.15) is 0 Å². The number of fused-ring (bicyclic) bond motifs is 3. The number of aromatic nitrogens is 3. The van der Waals surface area contributed by atoms with Crippen molar-refractivity contribution in [1.29, 1.82) is 0 Å². The highest BCUT2D eigenvalue weighted by Gasteiger charge is 2.18. The Morgan fingerprint density at radius 2 is 1.96 bits per heavy atom. The van der Waals surface area contributed by atoms with Gasteiger partial charge in [0.05, 0.1) is 11.4 Å². The van der Waals surface area contributed by atoms with Crippen LogP contribution in [0.25, 0.3) is 27.6 Å². The molecule has 0 aliphatic heterocycles. The minimum absolute atomic E-state index is 0.153. The Hall–Kier alpha value is -3.04. The molecule has 2 heterocycles. The average Bonchev–Trinajstić information content (AvgIpc) is 3.00. The highest BCUT2D eigenvalue weighted by atomic mass is 32.2. The largest absolute Gasteiger partial charge is 0.349 e. The lowest BCUT2D eigenvalue weighted by atomic mass is 10.2. The molecule has 4 aromatic rings. The monoisotopic (exact) mass is 349 g/mol. The van der Waals surface area contributed by atoms with Crippen LogP contribution in [0.2, 0.25) is 0 Å². The molecular weight excluding hydrogens is 337 g/mol. The van der Waals surface area contributed by atoms with Gasteiger partial charge in [-0.05, 0) is 18.2 Å². The molecule has 4 rings (SSSR count). The first-order valence-electron chi connectivity index (χ1n) is 7.55. The first-order chi connectivity index (χ1) is 12.2. The summed E-state index contributed by atoms with van der Waals surface area (Å²) >= 11 is 1.23. The summed E-state index contributed by atoms with van der Waals surface area (Å²) in [5.74, 6) is 2.35. The SMILES string of the molecule is C#CCSc1nc2c([nH]c3ccccc32)c(=O)n1-c1ccccc1F. The second-order valence-corrected chi connectivity index (χ2v) is 6.32. The summed E-state index contributed by atoms with van der Waals surface area (Å²) in [6.45, 7) is 0. The van der Waals surface area contributed by atoms with Crippen LogP contribution < -0.4 is 5.56 Å². The van der Waals surface area contributed by atoms with E-state index in [4.69, 9.17) is 6.42 Å². The third kappa shape index (κ3) is 2.49. The van der Waals surface area contributed by atoms with Gasteiger partial charge in [0, 0.05) is 10.9 Å². The lowest BCUT2D eigenvalue weighted by Crippen LogP contribution is -2.22. The highest BCUT2D eigenvalue weighted by Crippen LogP contribution is 2.26. The van der Waals surface area contributed by atoms with E-state index in [0.29, 0.717) is 21.9 Å². The zero-order valence-corrected chi connectivity index (χ0v) is 13.8. The number of thioether (sulfide) groups is 1. The van der Waals surface area contributed by atoms with E-state index < -0.39 is 5.82 Å². The van der Waals surface area contributed by atoms with Crippen LogP contribution in [0.3, 0.4) is 0 Å². The van der Waals surface area contributed by atoms with Gasteiger partial charge in [-0.3, -0.25) is 9.36 Å². The molecule has 4 nitrogen and oxygen atoms in total. The van der Waals surface area contributed by atoms with Crippen LogP contribution in [-0.4, -0.2) is 20.3 Å². The molecule has 2 aromatic carbocycles. The minimum Gasteiger partial charge on any atom is -0.349 e. The van der Waals surface area contributed by atoms with Gasteiger partial charge in [0.2, 0.25) is 0 Å². The topological polar surface area (TPSA) is 50.7 Å². The zero-order chi connectivity index (χ0) is 17.4. The van der Waals surface area contributed by atoms with Crippen molar-refractivity contribution in [3.05, 3.63) is 64.7 Å². The van der Waals surface area contributed by atoms with E-state index in [9.17, 15) is 9.18 Å². The maximum Gasteiger partial charge on any atom is 0.283 e. The first kappa shape index (κ1) is 15.5. The molecule has 0 amide bonds. The van der Waals surface area contributed by atoms with Crippen molar-refractivity contribution in [3.63, 3.8) is 0 Å². The van der Waals surface area contributed by atoms with E-state index in [-0.39, 0.29) is 11.2 Å². The molecule has 0 atom stereocenters. The summed E-state index contributed by atoms with van der Waals surface area (Å²) in [5, 5.41) is 1.21. The Kier molecular flexibility index (Phi) is 3.79. The van der Waals surface area contributed by atoms with E-state index in [1.807, 2.05) is 24.3 Å². The molecule has 122 valence electrons. The van der Waals surface area contributed by atoms with Gasteiger partial charge in [0.25, 0.3) is 5.56 Å². The summed E-state index contributed by atoms with van der Waals surface area (Å²) < 4.78 is 15.6. The average molecular weight is 349 g/mol. The number of halogens is 1. The smallest absolute Gasteiger partial charge is 0.283 e. The molecule has 0 aliphatic rings. The number of rotatable bonds is 3. The maximum absolute atomic E-state index is 14.3. The fourth-order valence-corrected chi connectivity index (χ4v) is 3.47. The summed E-state index contributed by atoms with van der Waals surface area (Å²) in [4.78, 5) is 20.8. The molecule has 6 heteroatoms. The number of hydrogen-bond donors (Lipinski definition) is 1. The number of hydrogen-bond acceptors (Lipinski definition) is 3. The molecule has 0 bridgehead atoms. The normalized spacial score (nSPS) is 11.0. The van der Waals surface area contributed by atoms with E-state index in [1.54, 1.807) is 18.2 Å². The molecule has 0 aliphatic carbocycles. The molecule has 0 radical (unpaired) electrons. The van der Waals surface area contributed by atoms with Crippen molar-refractivity contribution < 1.29 is 4.39 Å². The van der Waals surface area contributed by atoms with Crippen molar-refractivity contribution in [2.45, 2.75) is 5.16 Å². The van der Waals surface area contributed by atoms with E-state index in [2.05, 4.69) is 15.9 Å². The number of para-hydroxylation sites is 2. The quantitative estimate of drug-likeness (QED) is 0.348. The number of nitrogens with zero attached hydrogens (tertiary/aromatic N) is 2. The van der Waals surface area contributed by atoms with Crippen molar-refractivity contribution in [2.75, 3.05) is 5.75 Å². The predicted octanol–water partition coefficient (Wildman–Crippen LogP) is 3.73. The van der Waals surface area contributed by atoms with E-state index >= 15 is 0 Å². The van der Waals surface area contributed by atoms with Gasteiger partial charge in [-0.1, -0.05) is 48.0 Å². The van der Waals surface area contributed by atoms with Gasteiger partial charge in [-0.2, -0.15) is 0 Å². The Morgan fingerprint density at radius 3 is 2.76 bits per heavy atom. The Labute approximate surface area is 146 Å². The predicted molar refractivity (Wildman–Crippen MR) is 98.7 cm³/mol. The number of H-pyrrole nitrogens is 1. The number of benzene rings is 2. The molecule has 0 unspecified atom stereocenters. The van der Waals surface area contributed by atoms with Crippen LogP contribution in [0, 0.1) is 18.2 Å². The summed E-state index contributed by atoms with van der Waals surface area (Å²) in [6.07, 6.45) is 5.35. The number of nitrogens with one attached hydrogen (secondary N) is 1. The van der Waals surface area contributed by atoms with Gasteiger partial charge in [-0.15, -0.1) is 6.42 Å². The molecule has 0 saturated heterocycles. The molecule has 1 N–H and O–H groups in total. The molecule has 0 saturated carbocycles. The second-order valence-electron chi connectivity index (χ2n) is 5.37. The fourth-order valence-electron chi connectivity index (χ4n) is 2.79. The Bertz CT molecular complexity index is 1200. The molecule has 0 spiro atoms. The van der Waals surface area contributed by atoms with Gasteiger partial charge < -0.3 is 4.98 Å². The van der Waals surface area contributed by atoms with E-state index in [0.717, 1.165) is 10.9 Å². The minimum atomic E-state index is -0.496. The van der Waals surface area contributed by atoms with E-state index in [1.165, 1.54) is 22.4 Å². The van der Waals surface area contributed by atoms with Crippen LogP contribution in [0.4, 0.5) is 4.39 Å². The van der Waals surface area contributed by atoms with Crippen molar-refractivity contribution in [1.82, 2.24) is 14.5 Å². The van der Waals surface area contributed by atoms with Crippen molar-refractivity contribution in [3.8, 4) is 18.0 Å². The lowest BCUT2D eigenvalue weighted by Gasteiger charge is -2.11. The van der Waals surface area contributed by atoms with Crippen LogP contribution in [0.5, 0.6) is 0 Å². The van der Waals surface area contributed by atoms with Crippen molar-refractivity contribution in [2.24, 2.45) is 0 Å². The Balaban J connectivity index is 2.12. The Morgan fingerprint density at radius 1 is 1.20 bits per heavy atom. The van der Waals surface area contributed by atoms with Gasteiger partial charge >= 0.3 is 0 Å². The third-order valence-corrected chi connectivity index (χ3v) is 4.72. The third-order valence-electron chi connectivity index (χ3n) is 3.87. The van der Waals surface area contributed by atoms with Crippen LogP contribution in [0.15, 0.2) is 58.5 Å². The molecular formula is C19H12FN3OS. The molecule has 0 fully saturated rings.